The summed E-state index contributed by atoms with van der Waals surface area (Å²) >= 11 is 0. The van der Waals surface area contributed by atoms with Gasteiger partial charge in [0.25, 0.3) is 0 Å². The summed E-state index contributed by atoms with van der Waals surface area (Å²) in [6.07, 6.45) is 7.58. The van der Waals surface area contributed by atoms with Crippen LogP contribution in [0.4, 0.5) is 0 Å². The highest BCUT2D eigenvalue weighted by molar-refractivity contribution is 6.06. The minimum Gasteiger partial charge on any atom is -0.481 e. The minimum absolute atomic E-state index is 0.0165. The first-order valence-corrected chi connectivity index (χ1v) is 17.2. The highest BCUT2D eigenvalue weighted by Crippen LogP contribution is 2.76. The predicted molar refractivity (Wildman–Crippen MR) is 169 cm³/mol. The lowest BCUT2D eigenvalue weighted by molar-refractivity contribution is -0.233. The molecule has 0 bridgehead atoms. The average Bonchev–Trinajstić information content (AvgIpc) is 3.23. The van der Waals surface area contributed by atoms with Crippen molar-refractivity contribution in [3.8, 4) is 0 Å². The summed E-state index contributed by atoms with van der Waals surface area (Å²) in [6, 6.07) is 0. The molecule has 0 saturated heterocycles. The summed E-state index contributed by atoms with van der Waals surface area (Å²) in [5.41, 5.74) is 0.136. The zero-order valence-electron chi connectivity index (χ0n) is 28.9. The molecule has 0 spiro atoms. The van der Waals surface area contributed by atoms with Gasteiger partial charge in [-0.15, -0.1) is 0 Å². The number of aliphatic carboxylic acids is 1. The number of rotatable bonds is 6. The van der Waals surface area contributed by atoms with Crippen molar-refractivity contribution in [3.05, 3.63) is 11.1 Å². The number of allylic oxidation sites excluding steroid dienone is 1. The summed E-state index contributed by atoms with van der Waals surface area (Å²) in [6.45, 7) is 19.4. The van der Waals surface area contributed by atoms with Crippen LogP contribution in [0.25, 0.3) is 0 Å². The molecule has 2 N–H and O–H groups in total. The Morgan fingerprint density at radius 2 is 1.59 bits per heavy atom. The second-order valence-corrected chi connectivity index (χ2v) is 17.6. The molecule has 5 rings (SSSR count). The van der Waals surface area contributed by atoms with Crippen LogP contribution < -0.4 is 5.32 Å². The van der Waals surface area contributed by atoms with Gasteiger partial charge in [0.1, 0.15) is 6.10 Å². The van der Waals surface area contributed by atoms with Gasteiger partial charge in [0.15, 0.2) is 5.78 Å². The highest BCUT2D eigenvalue weighted by atomic mass is 16.5. The number of hydrogen-bond acceptors (Lipinski definition) is 5. The van der Waals surface area contributed by atoms with Crippen LogP contribution in [0.2, 0.25) is 0 Å². The van der Waals surface area contributed by atoms with Crippen molar-refractivity contribution in [2.45, 2.75) is 133 Å². The number of carboxylic acid groups (broad SMARTS) is 1. The Kier molecular flexibility index (Phi) is 7.86. The number of fused-ring (bicyclic) bond motifs is 7. The lowest BCUT2D eigenvalue weighted by Crippen LogP contribution is -2.66. The lowest BCUT2D eigenvalue weighted by atomic mass is 9.33. The molecule has 4 saturated carbocycles. The SMILES string of the molecule is CNC(=O)C12CC[C@]3(C)C(CCC4[C@@]5(C)CC[C@H](OC(=O)CC(C)(C)C(=O)O)C(C)(C)C5CC[C@]43C)C1=C(C(C)C)C(=O)C2. The topological polar surface area (TPSA) is 110 Å². The molecule has 4 unspecified atom stereocenters. The van der Waals surface area contributed by atoms with Crippen LogP contribution in [0, 0.1) is 56.2 Å². The van der Waals surface area contributed by atoms with Gasteiger partial charge in [0, 0.05) is 18.9 Å². The maximum atomic E-state index is 13.6. The molecule has 4 fully saturated rings. The number of carbonyl (C=O) groups excluding carboxylic acids is 3. The van der Waals surface area contributed by atoms with Crippen LogP contribution in [0.1, 0.15) is 127 Å². The zero-order chi connectivity index (χ0) is 32.8. The molecule has 246 valence electrons. The van der Waals surface area contributed by atoms with Gasteiger partial charge >= 0.3 is 11.9 Å². The van der Waals surface area contributed by atoms with Crippen LogP contribution >= 0.6 is 0 Å². The van der Waals surface area contributed by atoms with E-state index in [1.807, 2.05) is 0 Å². The largest absolute Gasteiger partial charge is 0.481 e. The number of nitrogens with one attached hydrogen (secondary N) is 1. The van der Waals surface area contributed by atoms with Crippen LogP contribution in [0.3, 0.4) is 0 Å². The molecule has 0 aromatic heterocycles. The molecule has 7 heteroatoms. The Morgan fingerprint density at radius 3 is 2.18 bits per heavy atom. The van der Waals surface area contributed by atoms with E-state index in [-0.39, 0.29) is 57.7 Å². The quantitative estimate of drug-likeness (QED) is 0.309. The molecule has 8 atom stereocenters. The summed E-state index contributed by atoms with van der Waals surface area (Å²) in [5.74, 6) is -0.0327. The Bertz CT molecular complexity index is 1290. The van der Waals surface area contributed by atoms with Crippen molar-refractivity contribution >= 4 is 23.6 Å². The van der Waals surface area contributed by atoms with Crippen LogP contribution in [-0.2, 0) is 23.9 Å². The molecule has 0 aromatic carbocycles. The Balaban J connectivity index is 1.46. The van der Waals surface area contributed by atoms with Gasteiger partial charge in [-0.25, -0.2) is 0 Å². The summed E-state index contributed by atoms with van der Waals surface area (Å²) < 4.78 is 6.11. The van der Waals surface area contributed by atoms with E-state index in [9.17, 15) is 24.3 Å². The lowest BCUT2D eigenvalue weighted by Gasteiger charge is -2.72. The molecular weight excluding hydrogens is 554 g/mol. The first-order chi connectivity index (χ1) is 20.2. The number of carboxylic acids is 1. The molecule has 5 aliphatic rings. The van der Waals surface area contributed by atoms with E-state index in [4.69, 9.17) is 4.74 Å². The van der Waals surface area contributed by atoms with Gasteiger partial charge in [0.05, 0.1) is 17.3 Å². The fraction of sp³-hybridized carbons (Fsp3) is 0.838. The monoisotopic (exact) mass is 611 g/mol. The molecule has 0 heterocycles. The normalized spacial score (nSPS) is 41.3. The number of Topliss-reactive ketones (excluding diaryl/α,β-unsaturated/α-hetero) is 1. The molecule has 7 nitrogen and oxygen atoms in total. The maximum Gasteiger partial charge on any atom is 0.309 e. The average molecular weight is 612 g/mol. The number of carbonyl (C=O) groups is 4. The maximum absolute atomic E-state index is 13.6. The van der Waals surface area contributed by atoms with Crippen LogP contribution in [-0.4, -0.2) is 41.9 Å². The third-order valence-corrected chi connectivity index (χ3v) is 14.5. The minimum atomic E-state index is -1.16. The van der Waals surface area contributed by atoms with E-state index < -0.39 is 22.8 Å². The number of hydrogen-bond donors (Lipinski definition) is 2. The van der Waals surface area contributed by atoms with Gasteiger partial charge in [-0.2, -0.15) is 0 Å². The van der Waals surface area contributed by atoms with E-state index in [1.54, 1.807) is 20.9 Å². The van der Waals surface area contributed by atoms with Crippen molar-refractivity contribution < 1.29 is 29.0 Å². The standard InChI is InChI=1S/C37H57NO6/c1-21(2)28-23(39)19-37(30(41)38-10)18-17-35(8)22(29(28)37)11-12-25-34(7)15-14-26(44-27(40)20-32(3,4)31(42)43)33(5,6)24(34)13-16-36(25,35)9/h21-22,24-26H,11-20H2,1-10H3,(H,38,41)(H,42,43)/t22?,24?,25?,26-,34-,35+,36+,37?/m0/s1. The fourth-order valence-corrected chi connectivity index (χ4v) is 12.0. The van der Waals surface area contributed by atoms with Crippen molar-refractivity contribution in [2.24, 2.45) is 56.2 Å². The first kappa shape index (κ1) is 33.2. The molecule has 0 aromatic rings. The number of ether oxygens (including phenoxy) is 1. The second kappa shape index (κ2) is 10.4. The van der Waals surface area contributed by atoms with E-state index in [0.29, 0.717) is 18.3 Å². The Morgan fingerprint density at radius 1 is 0.932 bits per heavy atom. The smallest absolute Gasteiger partial charge is 0.309 e. The molecule has 0 radical (unpaired) electrons. The molecular formula is C37H57NO6. The number of esters is 1. The van der Waals surface area contributed by atoms with Gasteiger partial charge in [0.2, 0.25) is 5.91 Å². The van der Waals surface area contributed by atoms with E-state index in [0.717, 1.165) is 56.9 Å². The van der Waals surface area contributed by atoms with Gasteiger partial charge in [-0.3, -0.25) is 19.2 Å². The molecule has 5 aliphatic carbocycles. The van der Waals surface area contributed by atoms with Crippen molar-refractivity contribution in [1.82, 2.24) is 5.32 Å². The third kappa shape index (κ3) is 4.40. The van der Waals surface area contributed by atoms with E-state index in [1.165, 1.54) is 5.57 Å². The molecule has 44 heavy (non-hydrogen) atoms. The number of amides is 1. The van der Waals surface area contributed by atoms with Crippen molar-refractivity contribution in [1.29, 1.82) is 0 Å². The van der Waals surface area contributed by atoms with Crippen LogP contribution in [0.5, 0.6) is 0 Å². The van der Waals surface area contributed by atoms with Crippen LogP contribution in [0.15, 0.2) is 11.1 Å². The van der Waals surface area contributed by atoms with Crippen molar-refractivity contribution in [3.63, 3.8) is 0 Å². The summed E-state index contributed by atoms with van der Waals surface area (Å²) in [7, 11) is 1.71. The Hall–Kier alpha value is -2.18. The number of ketones is 1. The fourth-order valence-electron chi connectivity index (χ4n) is 12.0. The second-order valence-electron chi connectivity index (χ2n) is 17.6. The third-order valence-electron chi connectivity index (χ3n) is 14.5. The Labute approximate surface area is 264 Å². The van der Waals surface area contributed by atoms with E-state index in [2.05, 4.69) is 53.8 Å². The molecule has 0 aliphatic heterocycles. The predicted octanol–water partition coefficient (Wildman–Crippen LogP) is 7.13. The first-order valence-electron chi connectivity index (χ1n) is 17.2. The zero-order valence-corrected chi connectivity index (χ0v) is 28.9. The van der Waals surface area contributed by atoms with E-state index >= 15 is 0 Å². The highest BCUT2D eigenvalue weighted by Gasteiger charge is 2.71. The summed E-state index contributed by atoms with van der Waals surface area (Å²) in [4.78, 5) is 51.8. The van der Waals surface area contributed by atoms with Gasteiger partial charge in [-0.05, 0) is 116 Å². The van der Waals surface area contributed by atoms with Crippen molar-refractivity contribution in [2.75, 3.05) is 7.05 Å². The van der Waals surface area contributed by atoms with Gasteiger partial charge < -0.3 is 15.2 Å². The molecule has 1 amide bonds. The van der Waals surface area contributed by atoms with Gasteiger partial charge in [-0.1, -0.05) is 48.5 Å². The summed E-state index contributed by atoms with van der Waals surface area (Å²) in [5, 5.41) is 12.5.